The SMILES string of the molecule is O=C(CN1CCCN(C(=O)c2ccc(F)cc2)CC1)NCC1CC1. The number of nitrogens with zero attached hydrogens (tertiary/aromatic N) is 2. The van der Waals surface area contributed by atoms with Gasteiger partial charge in [-0.25, -0.2) is 4.39 Å². The molecule has 24 heavy (non-hydrogen) atoms. The van der Waals surface area contributed by atoms with Crippen LogP contribution in [0.1, 0.15) is 29.6 Å². The van der Waals surface area contributed by atoms with Crippen molar-refractivity contribution in [2.45, 2.75) is 19.3 Å². The summed E-state index contributed by atoms with van der Waals surface area (Å²) < 4.78 is 13.0. The van der Waals surface area contributed by atoms with Gasteiger partial charge in [0.25, 0.3) is 5.91 Å². The van der Waals surface area contributed by atoms with Crippen LogP contribution in [0, 0.1) is 11.7 Å². The van der Waals surface area contributed by atoms with Crippen molar-refractivity contribution in [3.8, 4) is 0 Å². The maximum Gasteiger partial charge on any atom is 0.253 e. The number of halogens is 1. The van der Waals surface area contributed by atoms with Crippen molar-refractivity contribution >= 4 is 11.8 Å². The summed E-state index contributed by atoms with van der Waals surface area (Å²) in [5.74, 6) is 0.336. The Morgan fingerprint density at radius 3 is 2.54 bits per heavy atom. The largest absolute Gasteiger partial charge is 0.355 e. The quantitative estimate of drug-likeness (QED) is 0.888. The van der Waals surface area contributed by atoms with E-state index in [0.29, 0.717) is 37.7 Å². The summed E-state index contributed by atoms with van der Waals surface area (Å²) >= 11 is 0. The van der Waals surface area contributed by atoms with E-state index >= 15 is 0 Å². The monoisotopic (exact) mass is 333 g/mol. The van der Waals surface area contributed by atoms with Crippen LogP contribution in [0.5, 0.6) is 0 Å². The Morgan fingerprint density at radius 2 is 1.83 bits per heavy atom. The Bertz CT molecular complexity index is 586. The number of amides is 2. The Labute approximate surface area is 141 Å². The highest BCUT2D eigenvalue weighted by molar-refractivity contribution is 5.94. The topological polar surface area (TPSA) is 52.7 Å². The van der Waals surface area contributed by atoms with Crippen LogP contribution < -0.4 is 5.32 Å². The molecule has 1 saturated carbocycles. The lowest BCUT2D eigenvalue weighted by Crippen LogP contribution is -2.40. The zero-order valence-corrected chi connectivity index (χ0v) is 13.8. The highest BCUT2D eigenvalue weighted by atomic mass is 19.1. The molecule has 2 fully saturated rings. The van der Waals surface area contributed by atoms with Gasteiger partial charge in [0.2, 0.25) is 5.91 Å². The maximum atomic E-state index is 13.0. The molecule has 0 atom stereocenters. The molecule has 0 spiro atoms. The van der Waals surface area contributed by atoms with E-state index in [1.807, 2.05) is 0 Å². The number of hydrogen-bond donors (Lipinski definition) is 1. The lowest BCUT2D eigenvalue weighted by molar-refractivity contribution is -0.122. The first kappa shape index (κ1) is 16.9. The molecule has 0 bridgehead atoms. The van der Waals surface area contributed by atoms with Crippen molar-refractivity contribution in [1.82, 2.24) is 15.1 Å². The molecule has 1 saturated heterocycles. The van der Waals surface area contributed by atoms with Gasteiger partial charge in [-0.05, 0) is 49.4 Å². The molecule has 1 aromatic carbocycles. The average Bonchev–Trinajstić information content (AvgIpc) is 3.41. The molecule has 3 rings (SSSR count). The standard InChI is InChI=1S/C18H24FN3O2/c19-16-6-4-15(5-7-16)18(24)22-9-1-8-21(10-11-22)13-17(23)20-12-14-2-3-14/h4-7,14H,1-3,8-13H2,(H,20,23). The van der Waals surface area contributed by atoms with Gasteiger partial charge in [0, 0.05) is 38.3 Å². The third kappa shape index (κ3) is 4.77. The summed E-state index contributed by atoms with van der Waals surface area (Å²) in [7, 11) is 0. The summed E-state index contributed by atoms with van der Waals surface area (Å²) in [5, 5.41) is 2.98. The minimum atomic E-state index is -0.342. The van der Waals surface area contributed by atoms with Gasteiger partial charge >= 0.3 is 0 Å². The maximum absolute atomic E-state index is 13.0. The molecule has 1 heterocycles. The molecule has 2 aliphatic rings. The van der Waals surface area contributed by atoms with E-state index in [1.165, 1.54) is 37.1 Å². The molecular weight excluding hydrogens is 309 g/mol. The van der Waals surface area contributed by atoms with E-state index < -0.39 is 0 Å². The average molecular weight is 333 g/mol. The molecule has 1 aromatic rings. The minimum absolute atomic E-state index is 0.0696. The van der Waals surface area contributed by atoms with Crippen molar-refractivity contribution in [3.05, 3.63) is 35.6 Å². The zero-order valence-electron chi connectivity index (χ0n) is 13.8. The fourth-order valence-electron chi connectivity index (χ4n) is 2.95. The highest BCUT2D eigenvalue weighted by Gasteiger charge is 2.24. The summed E-state index contributed by atoms with van der Waals surface area (Å²) in [5.41, 5.74) is 0.507. The Hall–Kier alpha value is -1.95. The number of carbonyl (C=O) groups excluding carboxylic acids is 2. The minimum Gasteiger partial charge on any atom is -0.355 e. The third-order valence-corrected chi connectivity index (χ3v) is 4.62. The van der Waals surface area contributed by atoms with Crippen LogP contribution >= 0.6 is 0 Å². The second kappa shape index (κ2) is 7.75. The Kier molecular flexibility index (Phi) is 5.45. The fourth-order valence-corrected chi connectivity index (χ4v) is 2.95. The number of hydrogen-bond acceptors (Lipinski definition) is 3. The molecule has 130 valence electrons. The molecule has 5 nitrogen and oxygen atoms in total. The Morgan fingerprint density at radius 1 is 1.08 bits per heavy atom. The van der Waals surface area contributed by atoms with Crippen molar-refractivity contribution in [2.75, 3.05) is 39.3 Å². The van der Waals surface area contributed by atoms with Crippen molar-refractivity contribution in [1.29, 1.82) is 0 Å². The second-order valence-electron chi connectivity index (χ2n) is 6.68. The summed E-state index contributed by atoms with van der Waals surface area (Å²) in [6, 6.07) is 5.65. The van der Waals surface area contributed by atoms with Crippen LogP contribution in [0.4, 0.5) is 4.39 Å². The van der Waals surface area contributed by atoms with Gasteiger partial charge < -0.3 is 10.2 Å². The zero-order chi connectivity index (χ0) is 16.9. The fraction of sp³-hybridized carbons (Fsp3) is 0.556. The smallest absolute Gasteiger partial charge is 0.253 e. The van der Waals surface area contributed by atoms with Crippen molar-refractivity contribution in [2.24, 2.45) is 5.92 Å². The first-order valence-electron chi connectivity index (χ1n) is 8.66. The molecule has 2 amide bonds. The normalized spacial score (nSPS) is 19.0. The Balaban J connectivity index is 1.47. The van der Waals surface area contributed by atoms with Crippen LogP contribution in [0.15, 0.2) is 24.3 Å². The highest BCUT2D eigenvalue weighted by Crippen LogP contribution is 2.27. The van der Waals surface area contributed by atoms with E-state index in [0.717, 1.165) is 19.5 Å². The van der Waals surface area contributed by atoms with E-state index in [9.17, 15) is 14.0 Å². The molecular formula is C18H24FN3O2. The van der Waals surface area contributed by atoms with Crippen molar-refractivity contribution < 1.29 is 14.0 Å². The van der Waals surface area contributed by atoms with Crippen LogP contribution in [0.25, 0.3) is 0 Å². The molecule has 1 aliphatic carbocycles. The van der Waals surface area contributed by atoms with Gasteiger partial charge in [-0.15, -0.1) is 0 Å². The summed E-state index contributed by atoms with van der Waals surface area (Å²) in [6.45, 7) is 3.93. The number of benzene rings is 1. The van der Waals surface area contributed by atoms with E-state index in [1.54, 1.807) is 4.90 Å². The first-order chi connectivity index (χ1) is 11.6. The van der Waals surface area contributed by atoms with Crippen LogP contribution in [0.3, 0.4) is 0 Å². The summed E-state index contributed by atoms with van der Waals surface area (Å²) in [4.78, 5) is 28.3. The predicted molar refractivity (Wildman–Crippen MR) is 89.1 cm³/mol. The van der Waals surface area contributed by atoms with Gasteiger partial charge in [-0.2, -0.15) is 0 Å². The molecule has 0 unspecified atom stereocenters. The lowest BCUT2D eigenvalue weighted by atomic mass is 10.2. The van der Waals surface area contributed by atoms with Crippen LogP contribution in [0.2, 0.25) is 0 Å². The summed E-state index contributed by atoms with van der Waals surface area (Å²) in [6.07, 6.45) is 3.29. The first-order valence-corrected chi connectivity index (χ1v) is 8.66. The van der Waals surface area contributed by atoms with Gasteiger partial charge in [0.15, 0.2) is 0 Å². The van der Waals surface area contributed by atoms with Gasteiger partial charge in [-0.1, -0.05) is 0 Å². The molecule has 0 radical (unpaired) electrons. The lowest BCUT2D eigenvalue weighted by Gasteiger charge is -2.22. The van der Waals surface area contributed by atoms with E-state index in [2.05, 4.69) is 10.2 Å². The molecule has 1 aliphatic heterocycles. The van der Waals surface area contributed by atoms with Crippen LogP contribution in [-0.2, 0) is 4.79 Å². The second-order valence-corrected chi connectivity index (χ2v) is 6.68. The number of nitrogens with one attached hydrogen (secondary N) is 1. The van der Waals surface area contributed by atoms with E-state index in [4.69, 9.17) is 0 Å². The van der Waals surface area contributed by atoms with Gasteiger partial charge in [0.05, 0.1) is 6.54 Å². The molecule has 0 aromatic heterocycles. The van der Waals surface area contributed by atoms with Gasteiger partial charge in [0.1, 0.15) is 5.82 Å². The third-order valence-electron chi connectivity index (χ3n) is 4.62. The molecule has 6 heteroatoms. The van der Waals surface area contributed by atoms with Gasteiger partial charge in [-0.3, -0.25) is 14.5 Å². The van der Waals surface area contributed by atoms with Crippen molar-refractivity contribution in [3.63, 3.8) is 0 Å². The predicted octanol–water partition coefficient (Wildman–Crippen LogP) is 1.50. The van der Waals surface area contributed by atoms with Crippen LogP contribution in [-0.4, -0.2) is 60.9 Å². The molecule has 1 N–H and O–H groups in total. The number of carbonyl (C=O) groups is 2. The van der Waals surface area contributed by atoms with E-state index in [-0.39, 0.29) is 17.6 Å². The number of rotatable bonds is 5.